The normalized spacial score (nSPS) is 7.80. The Bertz CT molecular complexity index is 305. The van der Waals surface area contributed by atoms with Crippen molar-refractivity contribution in [3.05, 3.63) is 30.1 Å². The van der Waals surface area contributed by atoms with Crippen molar-refractivity contribution in [2.45, 2.75) is 0 Å². The van der Waals surface area contributed by atoms with Gasteiger partial charge >= 0.3 is 11.9 Å². The third-order valence-electron chi connectivity index (χ3n) is 1.08. The van der Waals surface area contributed by atoms with Gasteiger partial charge in [0, 0.05) is 33.5 Å². The van der Waals surface area contributed by atoms with Gasteiger partial charge in [-0.15, -0.1) is 0 Å². The molecule has 0 aromatic carbocycles. The Morgan fingerprint density at radius 1 is 1.40 bits per heavy atom. The van der Waals surface area contributed by atoms with Crippen molar-refractivity contribution in [1.29, 1.82) is 0 Å². The quantitative estimate of drug-likeness (QED) is 0.651. The summed E-state index contributed by atoms with van der Waals surface area (Å²) >= 11 is 0. The number of rotatable bonds is 2. The number of hydrogen-bond donors (Lipinski definition) is 3. The van der Waals surface area contributed by atoms with Crippen LogP contribution in [0.3, 0.4) is 0 Å². The second-order valence-electron chi connectivity index (χ2n) is 2.14. The van der Waals surface area contributed by atoms with Crippen molar-refractivity contribution < 1.29 is 40.9 Å². The van der Waals surface area contributed by atoms with Crippen LogP contribution >= 0.6 is 0 Å². The standard InChI is InChI=1S/C6H5NO2.C2H5NO2.Mo/c8-6(9)5-2-1-3-7-4-5;3-1-2(4)5;/h1-4H,(H,8,9);1,3H2,(H,4,5);. The largest absolute Gasteiger partial charge is 0.480 e. The molecule has 0 radical (unpaired) electrons. The van der Waals surface area contributed by atoms with E-state index in [9.17, 15) is 9.59 Å². The van der Waals surface area contributed by atoms with Gasteiger partial charge in [-0.1, -0.05) is 0 Å². The molecule has 82 valence electrons. The Kier molecular flexibility index (Phi) is 10.0. The maximum absolute atomic E-state index is 10.2. The summed E-state index contributed by atoms with van der Waals surface area (Å²) < 4.78 is 0. The van der Waals surface area contributed by atoms with Crippen LogP contribution < -0.4 is 5.73 Å². The van der Waals surface area contributed by atoms with E-state index in [2.05, 4.69) is 10.7 Å². The van der Waals surface area contributed by atoms with Crippen LogP contribution in [0.25, 0.3) is 0 Å². The molecule has 1 aromatic heterocycles. The van der Waals surface area contributed by atoms with E-state index in [0.717, 1.165) is 0 Å². The summed E-state index contributed by atoms with van der Waals surface area (Å²) in [6, 6.07) is 3.08. The van der Waals surface area contributed by atoms with E-state index < -0.39 is 11.9 Å². The summed E-state index contributed by atoms with van der Waals surface area (Å²) in [4.78, 5) is 23.0. The summed E-state index contributed by atoms with van der Waals surface area (Å²) in [7, 11) is 0. The van der Waals surface area contributed by atoms with E-state index in [4.69, 9.17) is 10.2 Å². The zero-order valence-electron chi connectivity index (χ0n) is 7.66. The van der Waals surface area contributed by atoms with Gasteiger partial charge in [0.25, 0.3) is 0 Å². The molecule has 1 heterocycles. The SMILES string of the molecule is NCC(=O)O.O=C(O)c1cccnc1.[Mo]. The molecule has 0 amide bonds. The summed E-state index contributed by atoms with van der Waals surface area (Å²) in [6.45, 7) is -0.278. The van der Waals surface area contributed by atoms with Gasteiger partial charge in [0.1, 0.15) is 0 Å². The van der Waals surface area contributed by atoms with Crippen LogP contribution in [0.5, 0.6) is 0 Å². The van der Waals surface area contributed by atoms with Crippen LogP contribution in [0.15, 0.2) is 24.5 Å². The molecular formula is C8H10MoN2O4. The van der Waals surface area contributed by atoms with Crippen LogP contribution in [0.1, 0.15) is 10.4 Å². The van der Waals surface area contributed by atoms with E-state index >= 15 is 0 Å². The molecule has 1 rings (SSSR count). The second-order valence-corrected chi connectivity index (χ2v) is 2.14. The summed E-state index contributed by atoms with van der Waals surface area (Å²) in [5, 5.41) is 15.9. The Labute approximate surface area is 100 Å². The Morgan fingerprint density at radius 3 is 2.13 bits per heavy atom. The average molecular weight is 294 g/mol. The van der Waals surface area contributed by atoms with E-state index in [1.54, 1.807) is 6.07 Å². The molecule has 0 atom stereocenters. The van der Waals surface area contributed by atoms with Gasteiger partial charge in [-0.3, -0.25) is 9.78 Å². The second kappa shape index (κ2) is 9.30. The van der Waals surface area contributed by atoms with Gasteiger partial charge in [-0.25, -0.2) is 4.79 Å². The first-order valence-electron chi connectivity index (χ1n) is 3.63. The van der Waals surface area contributed by atoms with Crippen molar-refractivity contribution in [2.75, 3.05) is 6.54 Å². The molecule has 0 aliphatic carbocycles. The number of carboxylic acid groups (broad SMARTS) is 2. The fraction of sp³-hybridized carbons (Fsp3) is 0.125. The van der Waals surface area contributed by atoms with E-state index in [1.807, 2.05) is 0 Å². The van der Waals surface area contributed by atoms with Gasteiger partial charge in [-0.05, 0) is 12.1 Å². The van der Waals surface area contributed by atoms with Gasteiger partial charge in [-0.2, -0.15) is 0 Å². The molecule has 0 unspecified atom stereocenters. The van der Waals surface area contributed by atoms with Crippen LogP contribution in [-0.2, 0) is 25.9 Å². The van der Waals surface area contributed by atoms with Gasteiger partial charge in [0.15, 0.2) is 0 Å². The molecule has 4 N–H and O–H groups in total. The number of hydrogen-bond acceptors (Lipinski definition) is 4. The fourth-order valence-electron chi connectivity index (χ4n) is 0.489. The van der Waals surface area contributed by atoms with Crippen LogP contribution in [0.4, 0.5) is 0 Å². The molecule has 0 saturated carbocycles. The van der Waals surface area contributed by atoms with Crippen molar-refractivity contribution in [1.82, 2.24) is 4.98 Å². The summed E-state index contributed by atoms with van der Waals surface area (Å²) in [5.41, 5.74) is 4.79. The number of nitrogens with two attached hydrogens (primary N) is 1. The number of carboxylic acids is 2. The van der Waals surface area contributed by atoms with Crippen LogP contribution in [-0.4, -0.2) is 33.7 Å². The molecule has 0 aliphatic rings. The molecule has 1 aromatic rings. The van der Waals surface area contributed by atoms with E-state index in [1.165, 1.54) is 18.5 Å². The van der Waals surface area contributed by atoms with Crippen LogP contribution in [0, 0.1) is 0 Å². The number of carbonyl (C=O) groups is 2. The molecular weight excluding hydrogens is 284 g/mol. The first-order chi connectivity index (χ1) is 6.57. The molecule has 15 heavy (non-hydrogen) atoms. The minimum atomic E-state index is -0.968. The number of nitrogens with zero attached hydrogens (tertiary/aromatic N) is 1. The first kappa shape index (κ1) is 16.2. The monoisotopic (exact) mass is 296 g/mol. The Hall–Kier alpha value is -1.26. The Balaban J connectivity index is 0. The minimum Gasteiger partial charge on any atom is -0.480 e. The Morgan fingerprint density at radius 2 is 1.93 bits per heavy atom. The smallest absolute Gasteiger partial charge is 0.337 e. The molecule has 0 saturated heterocycles. The number of aromatic carboxylic acids is 1. The minimum absolute atomic E-state index is 0. The maximum Gasteiger partial charge on any atom is 0.337 e. The third kappa shape index (κ3) is 9.05. The van der Waals surface area contributed by atoms with Gasteiger partial charge in [0.05, 0.1) is 12.1 Å². The third-order valence-corrected chi connectivity index (χ3v) is 1.08. The predicted octanol–water partition coefficient (Wildman–Crippen LogP) is -0.193. The van der Waals surface area contributed by atoms with Crippen molar-refractivity contribution in [3.8, 4) is 0 Å². The number of aliphatic carboxylic acids is 1. The first-order valence-corrected chi connectivity index (χ1v) is 3.63. The predicted molar refractivity (Wildman–Crippen MR) is 47.9 cm³/mol. The topological polar surface area (TPSA) is 114 Å². The molecule has 0 spiro atoms. The maximum atomic E-state index is 10.2. The van der Waals surface area contributed by atoms with Crippen LogP contribution in [0.2, 0.25) is 0 Å². The van der Waals surface area contributed by atoms with E-state index in [0.29, 0.717) is 0 Å². The van der Waals surface area contributed by atoms with Crippen molar-refractivity contribution >= 4 is 11.9 Å². The fourth-order valence-corrected chi connectivity index (χ4v) is 0.489. The summed E-state index contributed by atoms with van der Waals surface area (Å²) in [6.07, 6.45) is 2.84. The van der Waals surface area contributed by atoms with Crippen molar-refractivity contribution in [2.24, 2.45) is 5.73 Å². The molecule has 0 fully saturated rings. The molecule has 0 aliphatic heterocycles. The zero-order valence-corrected chi connectivity index (χ0v) is 9.67. The summed E-state index contributed by atoms with van der Waals surface area (Å²) in [5.74, 6) is -1.91. The van der Waals surface area contributed by atoms with E-state index in [-0.39, 0.29) is 33.2 Å². The number of pyridine rings is 1. The molecule has 6 nitrogen and oxygen atoms in total. The molecule has 0 bridgehead atoms. The zero-order chi connectivity index (χ0) is 11.0. The van der Waals surface area contributed by atoms with Gasteiger partial charge in [0.2, 0.25) is 0 Å². The average Bonchev–Trinajstić information content (AvgIpc) is 2.20. The number of aromatic nitrogens is 1. The van der Waals surface area contributed by atoms with Crippen molar-refractivity contribution in [3.63, 3.8) is 0 Å². The van der Waals surface area contributed by atoms with Gasteiger partial charge < -0.3 is 15.9 Å². The molecule has 7 heteroatoms.